The van der Waals surface area contributed by atoms with Crippen LogP contribution in [0, 0.1) is 0 Å². The zero-order valence-electron chi connectivity index (χ0n) is 18.9. The SMILES string of the molecule is O=C(O)CC1(c2ccccc2OCCCN2CCC(NC(=O)c3ccccc3)CC2)N=NNN1. The first kappa shape index (κ1) is 23.7. The fraction of sp³-hybridized carbons (Fsp3) is 0.417. The Bertz CT molecular complexity index is 1010. The Morgan fingerprint density at radius 1 is 1.12 bits per heavy atom. The molecular formula is C24H30N6O4. The fourth-order valence-corrected chi connectivity index (χ4v) is 4.33. The van der Waals surface area contributed by atoms with Gasteiger partial charge in [0, 0.05) is 36.8 Å². The van der Waals surface area contributed by atoms with Crippen molar-refractivity contribution in [3.8, 4) is 5.75 Å². The molecule has 2 aromatic rings. The maximum Gasteiger partial charge on any atom is 0.307 e. The number of aliphatic carboxylic acids is 1. The quantitative estimate of drug-likeness (QED) is 0.396. The Morgan fingerprint density at radius 2 is 1.85 bits per heavy atom. The molecular weight excluding hydrogens is 436 g/mol. The number of ether oxygens (including phenoxy) is 1. The molecule has 1 unspecified atom stereocenters. The van der Waals surface area contributed by atoms with Gasteiger partial charge >= 0.3 is 5.97 Å². The lowest BCUT2D eigenvalue weighted by atomic mass is 9.96. The smallest absolute Gasteiger partial charge is 0.307 e. The molecule has 0 saturated carbocycles. The summed E-state index contributed by atoms with van der Waals surface area (Å²) in [7, 11) is 0. The van der Waals surface area contributed by atoms with Crippen LogP contribution in [-0.2, 0) is 10.5 Å². The lowest BCUT2D eigenvalue weighted by molar-refractivity contribution is -0.138. The molecule has 2 aliphatic rings. The number of para-hydroxylation sites is 1. The number of nitrogens with one attached hydrogen (secondary N) is 3. The van der Waals surface area contributed by atoms with E-state index in [-0.39, 0.29) is 18.4 Å². The fourth-order valence-electron chi connectivity index (χ4n) is 4.33. The molecule has 2 aromatic carbocycles. The van der Waals surface area contributed by atoms with Crippen molar-refractivity contribution >= 4 is 11.9 Å². The number of hydrazine groups is 1. The largest absolute Gasteiger partial charge is 0.493 e. The van der Waals surface area contributed by atoms with Crippen LogP contribution in [0.3, 0.4) is 0 Å². The number of piperidine rings is 1. The van der Waals surface area contributed by atoms with Crippen molar-refractivity contribution in [1.29, 1.82) is 0 Å². The van der Waals surface area contributed by atoms with Crippen LogP contribution in [0.25, 0.3) is 0 Å². The second-order valence-electron chi connectivity index (χ2n) is 8.52. The monoisotopic (exact) mass is 466 g/mol. The molecule has 10 heteroatoms. The predicted octanol–water partition coefficient (Wildman–Crippen LogP) is 2.45. The van der Waals surface area contributed by atoms with Crippen LogP contribution >= 0.6 is 0 Å². The number of carboxylic acid groups (broad SMARTS) is 1. The average Bonchev–Trinajstić information content (AvgIpc) is 3.32. The maximum absolute atomic E-state index is 12.3. The first-order valence-corrected chi connectivity index (χ1v) is 11.5. The van der Waals surface area contributed by atoms with E-state index in [0.29, 0.717) is 23.5 Å². The molecule has 1 fully saturated rings. The summed E-state index contributed by atoms with van der Waals surface area (Å²) in [6.07, 6.45) is 2.40. The summed E-state index contributed by atoms with van der Waals surface area (Å²) in [5.74, 6) is -0.423. The Kier molecular flexibility index (Phi) is 7.71. The van der Waals surface area contributed by atoms with Crippen molar-refractivity contribution in [2.24, 2.45) is 10.3 Å². The van der Waals surface area contributed by atoms with Crippen molar-refractivity contribution in [3.63, 3.8) is 0 Å². The number of rotatable bonds is 10. The molecule has 1 amide bonds. The summed E-state index contributed by atoms with van der Waals surface area (Å²) in [6, 6.07) is 16.8. The van der Waals surface area contributed by atoms with Crippen molar-refractivity contribution < 1.29 is 19.4 Å². The van der Waals surface area contributed by atoms with Gasteiger partial charge in [-0.1, -0.05) is 41.6 Å². The molecule has 34 heavy (non-hydrogen) atoms. The number of hydrogen-bond acceptors (Lipinski definition) is 8. The third kappa shape index (κ3) is 5.89. The summed E-state index contributed by atoms with van der Waals surface area (Å²) in [4.78, 5) is 26.1. The van der Waals surface area contributed by atoms with Gasteiger partial charge in [0.2, 0.25) is 0 Å². The van der Waals surface area contributed by atoms with E-state index in [9.17, 15) is 14.7 Å². The van der Waals surface area contributed by atoms with E-state index in [0.717, 1.165) is 38.9 Å². The summed E-state index contributed by atoms with van der Waals surface area (Å²) in [5, 5.41) is 20.3. The lowest BCUT2D eigenvalue weighted by Crippen LogP contribution is -2.45. The van der Waals surface area contributed by atoms with Gasteiger partial charge < -0.3 is 20.1 Å². The molecule has 1 atom stereocenters. The van der Waals surface area contributed by atoms with E-state index in [1.807, 2.05) is 48.5 Å². The van der Waals surface area contributed by atoms with Crippen LogP contribution < -0.4 is 21.0 Å². The second kappa shape index (κ2) is 11.1. The highest BCUT2D eigenvalue weighted by atomic mass is 16.5. The molecule has 0 aromatic heterocycles. The third-order valence-electron chi connectivity index (χ3n) is 6.11. The van der Waals surface area contributed by atoms with Crippen LogP contribution in [-0.4, -0.2) is 54.2 Å². The Balaban J connectivity index is 1.22. The molecule has 10 nitrogen and oxygen atoms in total. The number of likely N-dealkylation sites (tertiary alicyclic amines) is 1. The molecule has 0 aliphatic carbocycles. The Labute approximate surface area is 198 Å². The summed E-state index contributed by atoms with van der Waals surface area (Å²) < 4.78 is 6.02. The van der Waals surface area contributed by atoms with Crippen LogP contribution in [0.1, 0.15) is 41.6 Å². The van der Waals surface area contributed by atoms with Gasteiger partial charge in [-0.3, -0.25) is 9.59 Å². The van der Waals surface area contributed by atoms with E-state index in [1.54, 1.807) is 6.07 Å². The molecule has 2 heterocycles. The minimum Gasteiger partial charge on any atom is -0.493 e. The molecule has 0 bridgehead atoms. The molecule has 4 rings (SSSR count). The first-order valence-electron chi connectivity index (χ1n) is 11.5. The number of hydrogen-bond donors (Lipinski definition) is 4. The highest BCUT2D eigenvalue weighted by molar-refractivity contribution is 5.94. The van der Waals surface area contributed by atoms with Gasteiger partial charge in [-0.15, -0.1) is 5.11 Å². The van der Waals surface area contributed by atoms with Crippen LogP contribution in [0.2, 0.25) is 0 Å². The van der Waals surface area contributed by atoms with Gasteiger partial charge in [0.05, 0.1) is 13.0 Å². The van der Waals surface area contributed by atoms with Crippen molar-refractivity contribution in [2.75, 3.05) is 26.2 Å². The van der Waals surface area contributed by atoms with E-state index < -0.39 is 11.6 Å². The molecule has 0 radical (unpaired) electrons. The molecule has 0 spiro atoms. The van der Waals surface area contributed by atoms with Gasteiger partial charge in [-0.25, -0.2) is 5.53 Å². The van der Waals surface area contributed by atoms with Gasteiger partial charge in [0.1, 0.15) is 5.75 Å². The summed E-state index contributed by atoms with van der Waals surface area (Å²) in [5.41, 5.74) is 5.50. The number of carboxylic acids is 1. The Morgan fingerprint density at radius 3 is 2.56 bits per heavy atom. The van der Waals surface area contributed by atoms with Crippen LogP contribution in [0.5, 0.6) is 5.75 Å². The second-order valence-corrected chi connectivity index (χ2v) is 8.52. The molecule has 2 aliphatic heterocycles. The zero-order valence-corrected chi connectivity index (χ0v) is 18.9. The van der Waals surface area contributed by atoms with Gasteiger partial charge in [-0.2, -0.15) is 5.43 Å². The third-order valence-corrected chi connectivity index (χ3v) is 6.11. The minimum atomic E-state index is -1.20. The van der Waals surface area contributed by atoms with Crippen molar-refractivity contribution in [3.05, 3.63) is 65.7 Å². The highest BCUT2D eigenvalue weighted by Crippen LogP contribution is 2.35. The van der Waals surface area contributed by atoms with Gasteiger partial charge in [0.25, 0.3) is 5.91 Å². The predicted molar refractivity (Wildman–Crippen MR) is 125 cm³/mol. The minimum absolute atomic E-state index is 0.0155. The number of amides is 1. The molecule has 1 saturated heterocycles. The lowest BCUT2D eigenvalue weighted by Gasteiger charge is -2.32. The van der Waals surface area contributed by atoms with Gasteiger partial charge in [0.15, 0.2) is 5.66 Å². The zero-order chi connectivity index (χ0) is 23.8. The Hall–Kier alpha value is -3.50. The van der Waals surface area contributed by atoms with Crippen molar-refractivity contribution in [2.45, 2.75) is 37.4 Å². The number of carbonyl (C=O) groups excluding carboxylic acids is 1. The standard InChI is InChI=1S/C24H30N6O4/c31-22(32)17-24(26-28-29-27-24)20-9-4-5-10-21(20)34-16-6-13-30-14-11-19(12-15-30)25-23(33)18-7-2-1-3-8-18/h1-5,7-10,19H,6,11-17H2,(H,25,33)(H,26,29)(H,27,28)(H,31,32). The molecule has 180 valence electrons. The summed E-state index contributed by atoms with van der Waals surface area (Å²) >= 11 is 0. The van der Waals surface area contributed by atoms with Crippen LogP contribution in [0.15, 0.2) is 64.9 Å². The topological polar surface area (TPSA) is 128 Å². The average molecular weight is 467 g/mol. The van der Waals surface area contributed by atoms with E-state index >= 15 is 0 Å². The van der Waals surface area contributed by atoms with E-state index in [2.05, 4.69) is 31.5 Å². The first-order chi connectivity index (χ1) is 16.6. The van der Waals surface area contributed by atoms with Gasteiger partial charge in [-0.05, 0) is 37.5 Å². The van der Waals surface area contributed by atoms with Crippen molar-refractivity contribution in [1.82, 2.24) is 21.2 Å². The highest BCUT2D eigenvalue weighted by Gasteiger charge is 2.40. The maximum atomic E-state index is 12.3. The van der Waals surface area contributed by atoms with E-state index in [4.69, 9.17) is 4.74 Å². The normalized spacial score (nSPS) is 20.6. The number of nitrogens with zero attached hydrogens (tertiary/aromatic N) is 3. The van der Waals surface area contributed by atoms with Crippen LogP contribution in [0.4, 0.5) is 0 Å². The number of benzene rings is 2. The summed E-state index contributed by atoms with van der Waals surface area (Å²) in [6.45, 7) is 3.23. The molecule has 4 N–H and O–H groups in total. The van der Waals surface area contributed by atoms with E-state index in [1.165, 1.54) is 0 Å². The number of carbonyl (C=O) groups is 2.